The Kier molecular flexibility index (Phi) is 3.04. The molecule has 0 unspecified atom stereocenters. The second-order valence-corrected chi connectivity index (χ2v) is 3.73. The Morgan fingerprint density at radius 1 is 0.812 bits per heavy atom. The van der Waals surface area contributed by atoms with Gasteiger partial charge in [0, 0.05) is 6.42 Å². The van der Waals surface area contributed by atoms with Gasteiger partial charge in [-0.1, -0.05) is 67.6 Å². The van der Waals surface area contributed by atoms with Crippen LogP contribution in [0.5, 0.6) is 0 Å². The molecule has 0 atom stereocenters. The normalized spacial score (nSPS) is 11.4. The maximum Gasteiger partial charge on any atom is 0.163 e. The molecule has 0 aliphatic carbocycles. The largest absolute Gasteiger partial charge is 0.233 e. The highest BCUT2D eigenvalue weighted by molar-refractivity contribution is 5.38. The molecular weight excluding hydrogens is 199 g/mol. The molecule has 0 aliphatic heterocycles. The lowest BCUT2D eigenvalue weighted by atomic mass is 9.86. The van der Waals surface area contributed by atoms with Crippen molar-refractivity contribution >= 4 is 0 Å². The van der Waals surface area contributed by atoms with Gasteiger partial charge in [-0.3, -0.25) is 0 Å². The molecule has 16 heavy (non-hydrogen) atoms. The molecule has 0 amide bonds. The van der Waals surface area contributed by atoms with Gasteiger partial charge in [-0.2, -0.15) is 0 Å². The standard InChI is InChI=1S/C15H14F/c1-2-15(16,13-9-5-3-6-10-13)14-11-7-4-8-12-14/h2-12H,1H3. The molecule has 0 saturated heterocycles. The first kappa shape index (κ1) is 10.9. The molecule has 0 spiro atoms. The third-order valence-corrected chi connectivity index (χ3v) is 2.79. The van der Waals surface area contributed by atoms with E-state index in [1.807, 2.05) is 60.7 Å². The molecule has 2 rings (SSSR count). The van der Waals surface area contributed by atoms with E-state index >= 15 is 0 Å². The molecule has 0 bridgehead atoms. The Balaban J connectivity index is 2.49. The predicted molar refractivity (Wildman–Crippen MR) is 64.7 cm³/mol. The zero-order valence-corrected chi connectivity index (χ0v) is 9.23. The number of hydrogen-bond donors (Lipinski definition) is 0. The second kappa shape index (κ2) is 4.48. The first-order chi connectivity index (χ1) is 7.77. The first-order valence-corrected chi connectivity index (χ1v) is 5.38. The Bertz CT molecular complexity index is 394. The SMILES string of the molecule is C[CH]C(F)(c1ccccc1)c1ccccc1. The van der Waals surface area contributed by atoms with Crippen LogP contribution in [0.4, 0.5) is 4.39 Å². The fourth-order valence-electron chi connectivity index (χ4n) is 1.86. The summed E-state index contributed by atoms with van der Waals surface area (Å²) in [5.41, 5.74) is -0.157. The Morgan fingerprint density at radius 2 is 1.19 bits per heavy atom. The average Bonchev–Trinajstić information content (AvgIpc) is 2.40. The summed E-state index contributed by atoms with van der Waals surface area (Å²) >= 11 is 0. The van der Waals surface area contributed by atoms with Crippen molar-refractivity contribution in [2.75, 3.05) is 0 Å². The third-order valence-electron chi connectivity index (χ3n) is 2.79. The van der Waals surface area contributed by atoms with E-state index in [4.69, 9.17) is 0 Å². The maximum absolute atomic E-state index is 14.9. The van der Waals surface area contributed by atoms with Crippen LogP contribution in [0.2, 0.25) is 0 Å². The molecular formula is C15H14F. The van der Waals surface area contributed by atoms with Crippen molar-refractivity contribution in [2.45, 2.75) is 12.6 Å². The van der Waals surface area contributed by atoms with Gasteiger partial charge in [0.05, 0.1) is 0 Å². The van der Waals surface area contributed by atoms with Crippen LogP contribution in [0, 0.1) is 6.42 Å². The van der Waals surface area contributed by atoms with Gasteiger partial charge in [0.2, 0.25) is 0 Å². The fraction of sp³-hybridized carbons (Fsp3) is 0.133. The zero-order valence-electron chi connectivity index (χ0n) is 9.23. The molecule has 2 aromatic carbocycles. The van der Waals surface area contributed by atoms with Crippen LogP contribution < -0.4 is 0 Å². The molecule has 2 aromatic rings. The van der Waals surface area contributed by atoms with E-state index in [0.717, 1.165) is 0 Å². The van der Waals surface area contributed by atoms with Gasteiger partial charge in [-0.05, 0) is 11.1 Å². The minimum Gasteiger partial charge on any atom is -0.233 e. The van der Waals surface area contributed by atoms with Crippen LogP contribution in [0.1, 0.15) is 18.1 Å². The Labute approximate surface area is 95.7 Å². The summed E-state index contributed by atoms with van der Waals surface area (Å²) < 4.78 is 14.9. The van der Waals surface area contributed by atoms with Gasteiger partial charge in [0.15, 0.2) is 5.67 Å². The summed E-state index contributed by atoms with van der Waals surface area (Å²) in [7, 11) is 0. The average molecular weight is 213 g/mol. The van der Waals surface area contributed by atoms with Crippen LogP contribution in [0.15, 0.2) is 60.7 Å². The summed E-state index contributed by atoms with van der Waals surface area (Å²) in [5.74, 6) is 0. The number of alkyl halides is 1. The van der Waals surface area contributed by atoms with Gasteiger partial charge in [-0.15, -0.1) is 0 Å². The maximum atomic E-state index is 14.9. The van der Waals surface area contributed by atoms with E-state index < -0.39 is 5.67 Å². The first-order valence-electron chi connectivity index (χ1n) is 5.38. The fourth-order valence-corrected chi connectivity index (χ4v) is 1.86. The van der Waals surface area contributed by atoms with Crippen LogP contribution in [0.25, 0.3) is 0 Å². The number of rotatable bonds is 3. The van der Waals surface area contributed by atoms with E-state index in [1.165, 1.54) is 0 Å². The molecule has 1 heteroatoms. The quantitative estimate of drug-likeness (QED) is 0.719. The monoisotopic (exact) mass is 213 g/mol. The smallest absolute Gasteiger partial charge is 0.163 e. The molecule has 0 saturated carbocycles. The lowest BCUT2D eigenvalue weighted by Crippen LogP contribution is -2.21. The molecule has 0 aromatic heterocycles. The van der Waals surface area contributed by atoms with Gasteiger partial charge < -0.3 is 0 Å². The summed E-state index contributed by atoms with van der Waals surface area (Å²) in [6.45, 7) is 1.75. The van der Waals surface area contributed by atoms with Crippen molar-refractivity contribution in [3.63, 3.8) is 0 Å². The predicted octanol–water partition coefficient (Wildman–Crippen LogP) is 4.12. The Hall–Kier alpha value is -1.63. The molecule has 0 N–H and O–H groups in total. The van der Waals surface area contributed by atoms with E-state index in [0.29, 0.717) is 11.1 Å². The molecule has 81 valence electrons. The highest BCUT2D eigenvalue weighted by Gasteiger charge is 2.31. The number of halogens is 1. The van der Waals surface area contributed by atoms with Gasteiger partial charge in [-0.25, -0.2) is 4.39 Å². The van der Waals surface area contributed by atoms with Crippen LogP contribution in [-0.2, 0) is 5.67 Å². The zero-order chi connectivity index (χ0) is 11.4. The summed E-state index contributed by atoms with van der Waals surface area (Å²) in [4.78, 5) is 0. The lowest BCUT2D eigenvalue weighted by Gasteiger charge is -2.24. The van der Waals surface area contributed by atoms with Crippen molar-refractivity contribution < 1.29 is 4.39 Å². The molecule has 0 fully saturated rings. The van der Waals surface area contributed by atoms with Crippen LogP contribution >= 0.6 is 0 Å². The lowest BCUT2D eigenvalue weighted by molar-refractivity contribution is 0.269. The van der Waals surface area contributed by atoms with Crippen LogP contribution in [0.3, 0.4) is 0 Å². The minimum absolute atomic E-state index is 0.670. The molecule has 0 aliphatic rings. The number of benzene rings is 2. The van der Waals surface area contributed by atoms with E-state index in [1.54, 1.807) is 13.3 Å². The van der Waals surface area contributed by atoms with E-state index in [2.05, 4.69) is 0 Å². The highest BCUT2D eigenvalue weighted by Crippen LogP contribution is 2.35. The van der Waals surface area contributed by atoms with Gasteiger partial charge >= 0.3 is 0 Å². The van der Waals surface area contributed by atoms with Crippen molar-refractivity contribution in [2.24, 2.45) is 0 Å². The van der Waals surface area contributed by atoms with Crippen molar-refractivity contribution in [3.05, 3.63) is 78.2 Å². The Morgan fingerprint density at radius 3 is 1.50 bits per heavy atom. The van der Waals surface area contributed by atoms with Gasteiger partial charge in [0.1, 0.15) is 0 Å². The highest BCUT2D eigenvalue weighted by atomic mass is 19.1. The second-order valence-electron chi connectivity index (χ2n) is 3.73. The molecule has 0 heterocycles. The van der Waals surface area contributed by atoms with Crippen molar-refractivity contribution in [1.82, 2.24) is 0 Å². The topological polar surface area (TPSA) is 0 Å². The van der Waals surface area contributed by atoms with Gasteiger partial charge in [0.25, 0.3) is 0 Å². The van der Waals surface area contributed by atoms with E-state index in [9.17, 15) is 4.39 Å². The third kappa shape index (κ3) is 1.85. The molecule has 1 radical (unpaired) electrons. The summed E-state index contributed by atoms with van der Waals surface area (Å²) in [5, 5.41) is 0. The van der Waals surface area contributed by atoms with Crippen LogP contribution in [-0.4, -0.2) is 0 Å². The molecule has 0 nitrogen and oxygen atoms in total. The minimum atomic E-state index is -1.50. The van der Waals surface area contributed by atoms with Crippen molar-refractivity contribution in [3.8, 4) is 0 Å². The van der Waals surface area contributed by atoms with Crippen molar-refractivity contribution in [1.29, 1.82) is 0 Å². The summed E-state index contributed by atoms with van der Waals surface area (Å²) in [6.07, 6.45) is 1.59. The number of hydrogen-bond acceptors (Lipinski definition) is 0. The summed E-state index contributed by atoms with van der Waals surface area (Å²) in [6, 6.07) is 18.5. The van der Waals surface area contributed by atoms with E-state index in [-0.39, 0.29) is 0 Å².